The van der Waals surface area contributed by atoms with Crippen molar-refractivity contribution in [2.75, 3.05) is 44.7 Å². The van der Waals surface area contributed by atoms with Gasteiger partial charge in [-0.25, -0.2) is 4.99 Å². The summed E-state index contributed by atoms with van der Waals surface area (Å²) in [7, 11) is 0. The van der Waals surface area contributed by atoms with Gasteiger partial charge in [-0.3, -0.25) is 14.9 Å². The topological polar surface area (TPSA) is 91.1 Å². The zero-order valence-corrected chi connectivity index (χ0v) is 18.7. The Kier molecular flexibility index (Phi) is 10.4. The molecule has 1 heterocycles. The molecule has 0 saturated carbocycles. The number of nitro groups is 1. The number of halogens is 1. The number of hydrogen-bond donors (Lipinski definition) is 1. The van der Waals surface area contributed by atoms with Gasteiger partial charge in [0.25, 0.3) is 5.69 Å². The fourth-order valence-electron chi connectivity index (χ4n) is 2.65. The summed E-state index contributed by atoms with van der Waals surface area (Å²) in [5.41, 5.74) is 0.999. The second-order valence-electron chi connectivity index (χ2n) is 5.98. The molecule has 8 nitrogen and oxygen atoms in total. The Labute approximate surface area is 180 Å². The first kappa shape index (κ1) is 23.5. The zero-order chi connectivity index (χ0) is 18.9. The number of nitro benzene ring substituents is 1. The van der Waals surface area contributed by atoms with Crippen LogP contribution >= 0.6 is 35.7 Å². The van der Waals surface area contributed by atoms with Gasteiger partial charge in [0.2, 0.25) is 5.91 Å². The molecular formula is C17H26IN5O3S. The lowest BCUT2D eigenvalue weighted by molar-refractivity contribution is -0.384. The fraction of sp³-hybridized carbons (Fsp3) is 0.529. The second-order valence-corrected chi connectivity index (χ2v) is 6.96. The van der Waals surface area contributed by atoms with Gasteiger partial charge < -0.3 is 15.1 Å². The predicted molar refractivity (Wildman–Crippen MR) is 120 cm³/mol. The molecule has 0 unspecified atom stereocenters. The van der Waals surface area contributed by atoms with E-state index in [1.807, 2.05) is 4.90 Å². The van der Waals surface area contributed by atoms with Crippen molar-refractivity contribution in [3.8, 4) is 0 Å². The Balaban J connectivity index is 0.00000364. The first-order valence-electron chi connectivity index (χ1n) is 8.52. The van der Waals surface area contributed by atoms with Gasteiger partial charge >= 0.3 is 0 Å². The number of thioether (sulfide) groups is 1. The molecule has 0 radical (unpaired) electrons. The molecule has 150 valence electrons. The summed E-state index contributed by atoms with van der Waals surface area (Å²) in [6.45, 7) is 5.72. The molecule has 1 saturated heterocycles. The summed E-state index contributed by atoms with van der Waals surface area (Å²) in [5, 5.41) is 14.1. The maximum Gasteiger partial charge on any atom is 0.269 e. The summed E-state index contributed by atoms with van der Waals surface area (Å²) in [5.74, 6) is 1.90. The minimum Gasteiger partial charge on any atom is -0.355 e. The summed E-state index contributed by atoms with van der Waals surface area (Å²) in [4.78, 5) is 30.5. The van der Waals surface area contributed by atoms with Crippen LogP contribution in [0.3, 0.4) is 0 Å². The number of guanidine groups is 1. The highest BCUT2D eigenvalue weighted by molar-refractivity contribution is 14.0. The standard InChI is InChI=1S/C17H25N5O3S.HI/c1-14(23)20-8-10-21(11-9-20)17(18-7-12-26-2)19-13-15-3-5-16(6-4-15)22(24)25;/h3-6H,7-13H2,1-2H3,(H,18,19);1H. The van der Waals surface area contributed by atoms with Gasteiger partial charge in [-0.2, -0.15) is 11.8 Å². The number of benzene rings is 1. The second kappa shape index (κ2) is 12.0. The van der Waals surface area contributed by atoms with Crippen molar-refractivity contribution in [3.05, 3.63) is 39.9 Å². The monoisotopic (exact) mass is 507 g/mol. The number of carbonyl (C=O) groups is 1. The molecule has 1 aliphatic heterocycles. The van der Waals surface area contributed by atoms with Gasteiger partial charge in [-0.1, -0.05) is 12.1 Å². The van der Waals surface area contributed by atoms with Crippen LogP contribution < -0.4 is 5.32 Å². The summed E-state index contributed by atoms with van der Waals surface area (Å²) in [6, 6.07) is 6.46. The predicted octanol–water partition coefficient (Wildman–Crippen LogP) is 2.19. The van der Waals surface area contributed by atoms with Gasteiger partial charge in [-0.05, 0) is 11.8 Å². The number of carbonyl (C=O) groups excluding carboxylic acids is 1. The quantitative estimate of drug-likeness (QED) is 0.159. The Hall–Kier alpha value is -1.56. The Morgan fingerprint density at radius 3 is 2.33 bits per heavy atom. The SMILES string of the molecule is CSCCNC(=NCc1ccc([N+](=O)[O-])cc1)N1CCN(C(C)=O)CC1.I. The third-order valence-corrected chi connectivity index (χ3v) is 4.78. The largest absolute Gasteiger partial charge is 0.355 e. The minimum atomic E-state index is -0.406. The van der Waals surface area contributed by atoms with E-state index in [1.54, 1.807) is 30.8 Å². The van der Waals surface area contributed by atoms with Crippen LogP contribution in [0.4, 0.5) is 5.69 Å². The van der Waals surface area contributed by atoms with Crippen LogP contribution in [0.5, 0.6) is 0 Å². The Bertz CT molecular complexity index is 648. The molecule has 0 bridgehead atoms. The summed E-state index contributed by atoms with van der Waals surface area (Å²) >= 11 is 1.76. The maximum atomic E-state index is 11.5. The highest BCUT2D eigenvalue weighted by Gasteiger charge is 2.21. The van der Waals surface area contributed by atoms with Crippen LogP contribution in [0.25, 0.3) is 0 Å². The highest BCUT2D eigenvalue weighted by atomic mass is 127. The lowest BCUT2D eigenvalue weighted by atomic mass is 10.2. The van der Waals surface area contributed by atoms with E-state index in [0.29, 0.717) is 19.6 Å². The minimum absolute atomic E-state index is 0. The van der Waals surface area contributed by atoms with Crippen molar-refractivity contribution >= 4 is 53.3 Å². The van der Waals surface area contributed by atoms with E-state index in [9.17, 15) is 14.9 Å². The molecule has 2 rings (SSSR count). The van der Waals surface area contributed by atoms with Crippen LogP contribution in [0.15, 0.2) is 29.3 Å². The van der Waals surface area contributed by atoms with Crippen LogP contribution in [0, 0.1) is 10.1 Å². The highest BCUT2D eigenvalue weighted by Crippen LogP contribution is 2.13. The van der Waals surface area contributed by atoms with Gasteiger partial charge in [0, 0.05) is 57.5 Å². The molecule has 0 atom stereocenters. The Morgan fingerprint density at radius 2 is 1.81 bits per heavy atom. The average Bonchev–Trinajstić information content (AvgIpc) is 2.65. The van der Waals surface area contributed by atoms with Crippen LogP contribution in [0.2, 0.25) is 0 Å². The number of nitrogens with zero attached hydrogens (tertiary/aromatic N) is 4. The molecule has 1 aromatic carbocycles. The first-order valence-corrected chi connectivity index (χ1v) is 9.91. The average molecular weight is 507 g/mol. The molecule has 0 aromatic heterocycles. The molecule has 1 aromatic rings. The fourth-order valence-corrected chi connectivity index (χ4v) is 2.96. The molecule has 1 fully saturated rings. The van der Waals surface area contributed by atoms with E-state index in [1.165, 1.54) is 12.1 Å². The summed E-state index contributed by atoms with van der Waals surface area (Å²) < 4.78 is 0. The first-order chi connectivity index (χ1) is 12.5. The summed E-state index contributed by atoms with van der Waals surface area (Å²) in [6.07, 6.45) is 2.06. The molecule has 27 heavy (non-hydrogen) atoms. The van der Waals surface area contributed by atoms with Crippen molar-refractivity contribution in [2.24, 2.45) is 4.99 Å². The number of piperazine rings is 1. The molecule has 10 heteroatoms. The number of hydrogen-bond acceptors (Lipinski definition) is 5. The number of amides is 1. The Morgan fingerprint density at radius 1 is 1.22 bits per heavy atom. The van der Waals surface area contributed by atoms with E-state index in [0.717, 1.165) is 36.9 Å². The number of non-ortho nitro benzene ring substituents is 1. The van der Waals surface area contributed by atoms with E-state index >= 15 is 0 Å². The zero-order valence-electron chi connectivity index (χ0n) is 15.6. The van der Waals surface area contributed by atoms with Crippen molar-refractivity contribution in [2.45, 2.75) is 13.5 Å². The van der Waals surface area contributed by atoms with Gasteiger partial charge in [0.15, 0.2) is 5.96 Å². The lowest BCUT2D eigenvalue weighted by Gasteiger charge is -2.36. The van der Waals surface area contributed by atoms with Crippen molar-refractivity contribution < 1.29 is 9.72 Å². The van der Waals surface area contributed by atoms with Crippen molar-refractivity contribution in [1.82, 2.24) is 15.1 Å². The van der Waals surface area contributed by atoms with E-state index in [2.05, 4.69) is 21.5 Å². The third kappa shape index (κ3) is 7.53. The molecule has 1 amide bonds. The molecular weight excluding hydrogens is 481 g/mol. The lowest BCUT2D eigenvalue weighted by Crippen LogP contribution is -2.53. The van der Waals surface area contributed by atoms with Gasteiger partial charge in [0.05, 0.1) is 11.5 Å². The molecule has 1 N–H and O–H groups in total. The van der Waals surface area contributed by atoms with Gasteiger partial charge in [0.1, 0.15) is 0 Å². The number of nitrogens with one attached hydrogen (secondary N) is 1. The molecule has 1 aliphatic rings. The van der Waals surface area contributed by atoms with E-state index in [-0.39, 0.29) is 35.6 Å². The maximum absolute atomic E-state index is 11.5. The number of rotatable bonds is 6. The van der Waals surface area contributed by atoms with Gasteiger partial charge in [-0.15, -0.1) is 24.0 Å². The van der Waals surface area contributed by atoms with E-state index in [4.69, 9.17) is 0 Å². The number of aliphatic imine (C=N–C) groups is 1. The molecule has 0 aliphatic carbocycles. The smallest absolute Gasteiger partial charge is 0.269 e. The van der Waals surface area contributed by atoms with Crippen molar-refractivity contribution in [3.63, 3.8) is 0 Å². The van der Waals surface area contributed by atoms with Crippen LogP contribution in [-0.2, 0) is 11.3 Å². The van der Waals surface area contributed by atoms with Crippen LogP contribution in [-0.4, -0.2) is 71.3 Å². The third-order valence-electron chi connectivity index (χ3n) is 4.17. The molecule has 0 spiro atoms. The normalized spacial score (nSPS) is 14.5. The van der Waals surface area contributed by atoms with E-state index < -0.39 is 4.92 Å². The van der Waals surface area contributed by atoms with Crippen molar-refractivity contribution in [1.29, 1.82) is 0 Å². The van der Waals surface area contributed by atoms with Crippen LogP contribution in [0.1, 0.15) is 12.5 Å².